The number of benzene rings is 1. The van der Waals surface area contributed by atoms with Crippen LogP contribution in [0.2, 0.25) is 0 Å². The molecular formula is C21H26N4O3. The predicted octanol–water partition coefficient (Wildman–Crippen LogP) is 1.71. The fourth-order valence-corrected chi connectivity index (χ4v) is 4.51. The second kappa shape index (κ2) is 7.39. The van der Waals surface area contributed by atoms with Crippen molar-refractivity contribution in [3.05, 3.63) is 48.5 Å². The van der Waals surface area contributed by atoms with Crippen molar-refractivity contribution < 1.29 is 14.7 Å². The number of β-amino-alcohol motifs (C(OH)–C–C–N with tert-alkyl or cyclic N) is 1. The zero-order valence-corrected chi connectivity index (χ0v) is 16.1. The number of carbonyl (C=O) groups excluding carboxylic acids is 2. The second-order valence-corrected chi connectivity index (χ2v) is 8.07. The van der Waals surface area contributed by atoms with Crippen LogP contribution in [0.1, 0.15) is 36.5 Å². The summed E-state index contributed by atoms with van der Waals surface area (Å²) in [6.45, 7) is 3.96. The highest BCUT2D eigenvalue weighted by Crippen LogP contribution is 2.40. The molecule has 1 spiro atoms. The van der Waals surface area contributed by atoms with Gasteiger partial charge in [-0.2, -0.15) is 0 Å². The van der Waals surface area contributed by atoms with E-state index in [4.69, 9.17) is 0 Å². The zero-order valence-electron chi connectivity index (χ0n) is 16.1. The molecule has 7 nitrogen and oxygen atoms in total. The number of hydrogen-bond acceptors (Lipinski definition) is 4. The molecule has 1 aromatic heterocycles. The lowest BCUT2D eigenvalue weighted by Gasteiger charge is -2.49. The van der Waals surface area contributed by atoms with E-state index in [1.54, 1.807) is 24.3 Å². The van der Waals surface area contributed by atoms with Crippen LogP contribution in [-0.2, 0) is 4.79 Å². The van der Waals surface area contributed by atoms with Crippen LogP contribution in [0.15, 0.2) is 43.0 Å². The van der Waals surface area contributed by atoms with Crippen molar-refractivity contribution >= 4 is 11.8 Å². The number of amides is 2. The number of imidazole rings is 1. The first-order valence-electron chi connectivity index (χ1n) is 9.77. The van der Waals surface area contributed by atoms with E-state index in [0.29, 0.717) is 38.2 Å². The minimum atomic E-state index is -0.476. The normalized spacial score (nSPS) is 21.7. The summed E-state index contributed by atoms with van der Waals surface area (Å²) in [5.74, 6) is 0.0430. The van der Waals surface area contributed by atoms with Gasteiger partial charge in [0.25, 0.3) is 5.91 Å². The Balaban J connectivity index is 1.40. The maximum Gasteiger partial charge on any atom is 0.253 e. The lowest BCUT2D eigenvalue weighted by atomic mass is 9.71. The molecule has 7 heteroatoms. The summed E-state index contributed by atoms with van der Waals surface area (Å²) >= 11 is 0. The Bertz CT molecular complexity index is 839. The summed E-state index contributed by atoms with van der Waals surface area (Å²) < 4.78 is 1.90. The van der Waals surface area contributed by atoms with E-state index in [0.717, 1.165) is 18.5 Å². The van der Waals surface area contributed by atoms with Crippen molar-refractivity contribution in [2.75, 3.05) is 26.2 Å². The third-order valence-electron chi connectivity index (χ3n) is 6.10. The fourth-order valence-electron chi connectivity index (χ4n) is 4.51. The van der Waals surface area contributed by atoms with Crippen LogP contribution < -0.4 is 0 Å². The molecule has 2 amide bonds. The molecule has 1 atom stereocenters. The van der Waals surface area contributed by atoms with E-state index in [2.05, 4.69) is 4.98 Å². The summed E-state index contributed by atoms with van der Waals surface area (Å²) in [6, 6.07) is 7.54. The second-order valence-electron chi connectivity index (χ2n) is 8.07. The summed E-state index contributed by atoms with van der Waals surface area (Å²) in [7, 11) is 0. The predicted molar refractivity (Wildman–Crippen MR) is 104 cm³/mol. The first-order chi connectivity index (χ1) is 13.5. The van der Waals surface area contributed by atoms with Crippen LogP contribution in [-0.4, -0.2) is 68.6 Å². The lowest BCUT2D eigenvalue weighted by Crippen LogP contribution is -2.55. The van der Waals surface area contributed by atoms with Gasteiger partial charge in [-0.05, 0) is 48.9 Å². The third-order valence-corrected chi connectivity index (χ3v) is 6.10. The van der Waals surface area contributed by atoms with Crippen molar-refractivity contribution in [2.24, 2.45) is 5.41 Å². The van der Waals surface area contributed by atoms with E-state index in [9.17, 15) is 14.7 Å². The topological polar surface area (TPSA) is 78.7 Å². The molecule has 2 aliphatic rings. The highest BCUT2D eigenvalue weighted by molar-refractivity contribution is 5.94. The number of carbonyl (C=O) groups is 2. The average Bonchev–Trinajstić information content (AvgIpc) is 3.22. The minimum absolute atomic E-state index is 0.00890. The molecule has 1 aromatic carbocycles. The lowest BCUT2D eigenvalue weighted by molar-refractivity contribution is -0.137. The van der Waals surface area contributed by atoms with E-state index in [1.807, 2.05) is 39.9 Å². The number of aliphatic hydroxyl groups excluding tert-OH is 1. The van der Waals surface area contributed by atoms with Crippen molar-refractivity contribution in [3.8, 4) is 5.69 Å². The van der Waals surface area contributed by atoms with Gasteiger partial charge in [-0.15, -0.1) is 0 Å². The number of piperidine rings is 2. The first kappa shape index (κ1) is 18.7. The van der Waals surface area contributed by atoms with Gasteiger partial charge in [0.2, 0.25) is 5.91 Å². The van der Waals surface area contributed by atoms with Gasteiger partial charge < -0.3 is 19.5 Å². The van der Waals surface area contributed by atoms with Crippen LogP contribution in [0.25, 0.3) is 5.69 Å². The molecule has 0 saturated carbocycles. The number of hydrogen-bond donors (Lipinski definition) is 1. The minimum Gasteiger partial charge on any atom is -0.391 e. The van der Waals surface area contributed by atoms with Gasteiger partial charge in [0.05, 0.1) is 12.4 Å². The summed E-state index contributed by atoms with van der Waals surface area (Å²) in [5, 5.41) is 10.2. The van der Waals surface area contributed by atoms with Crippen LogP contribution in [0, 0.1) is 5.41 Å². The van der Waals surface area contributed by atoms with Gasteiger partial charge in [0.1, 0.15) is 0 Å². The Hall–Kier alpha value is -2.67. The molecular weight excluding hydrogens is 356 g/mol. The standard InChI is InChI=1S/C21H26N4O3/c1-16(26)25-13-19(27)12-21(14-25)6-9-23(10-7-21)20(28)17-2-4-18(5-3-17)24-11-8-22-15-24/h2-5,8,11,15,19,27H,6-7,9-10,12-14H2,1H3. The number of likely N-dealkylation sites (tertiary alicyclic amines) is 2. The molecule has 1 unspecified atom stereocenters. The molecule has 3 heterocycles. The maximum atomic E-state index is 12.9. The van der Waals surface area contributed by atoms with Gasteiger partial charge in [0.15, 0.2) is 0 Å². The van der Waals surface area contributed by atoms with Gasteiger partial charge in [0, 0.05) is 56.7 Å². The Morgan fingerprint density at radius 3 is 2.46 bits per heavy atom. The summed E-state index contributed by atoms with van der Waals surface area (Å²) in [6.07, 6.45) is 7.17. The average molecular weight is 382 g/mol. The Morgan fingerprint density at radius 2 is 1.86 bits per heavy atom. The van der Waals surface area contributed by atoms with E-state index < -0.39 is 6.10 Å². The molecule has 148 valence electrons. The first-order valence-corrected chi connectivity index (χ1v) is 9.77. The molecule has 2 aromatic rings. The van der Waals surface area contributed by atoms with Gasteiger partial charge in [-0.1, -0.05) is 0 Å². The quantitative estimate of drug-likeness (QED) is 0.858. The van der Waals surface area contributed by atoms with E-state index in [-0.39, 0.29) is 17.2 Å². The van der Waals surface area contributed by atoms with Crippen molar-refractivity contribution in [1.82, 2.24) is 19.4 Å². The smallest absolute Gasteiger partial charge is 0.253 e. The Morgan fingerprint density at radius 1 is 1.14 bits per heavy atom. The SMILES string of the molecule is CC(=O)N1CC(O)CC2(CCN(C(=O)c3ccc(-n4ccnc4)cc3)CC2)C1. The third kappa shape index (κ3) is 3.67. The highest BCUT2D eigenvalue weighted by Gasteiger charge is 2.42. The molecule has 2 aliphatic heterocycles. The summed E-state index contributed by atoms with van der Waals surface area (Å²) in [5.41, 5.74) is 1.56. The molecule has 0 bridgehead atoms. The zero-order chi connectivity index (χ0) is 19.7. The van der Waals surface area contributed by atoms with Crippen molar-refractivity contribution in [1.29, 1.82) is 0 Å². The van der Waals surface area contributed by atoms with Crippen molar-refractivity contribution in [2.45, 2.75) is 32.3 Å². The number of rotatable bonds is 2. The Labute approximate surface area is 164 Å². The van der Waals surface area contributed by atoms with Gasteiger partial charge in [-0.3, -0.25) is 9.59 Å². The molecule has 0 radical (unpaired) electrons. The number of aliphatic hydroxyl groups is 1. The molecule has 2 fully saturated rings. The van der Waals surface area contributed by atoms with Gasteiger partial charge in [-0.25, -0.2) is 4.98 Å². The maximum absolute atomic E-state index is 12.9. The Kier molecular flexibility index (Phi) is 4.93. The van der Waals surface area contributed by atoms with Crippen LogP contribution in [0.5, 0.6) is 0 Å². The fraction of sp³-hybridized carbons (Fsp3) is 0.476. The molecule has 2 saturated heterocycles. The molecule has 28 heavy (non-hydrogen) atoms. The van der Waals surface area contributed by atoms with Crippen molar-refractivity contribution in [3.63, 3.8) is 0 Å². The van der Waals surface area contributed by atoms with Crippen LogP contribution in [0.3, 0.4) is 0 Å². The van der Waals surface area contributed by atoms with Gasteiger partial charge >= 0.3 is 0 Å². The molecule has 1 N–H and O–H groups in total. The van der Waals surface area contributed by atoms with E-state index in [1.165, 1.54) is 0 Å². The van der Waals surface area contributed by atoms with E-state index >= 15 is 0 Å². The van der Waals surface area contributed by atoms with Crippen LogP contribution in [0.4, 0.5) is 0 Å². The summed E-state index contributed by atoms with van der Waals surface area (Å²) in [4.78, 5) is 32.4. The monoisotopic (exact) mass is 382 g/mol. The molecule has 0 aliphatic carbocycles. The number of nitrogens with zero attached hydrogens (tertiary/aromatic N) is 4. The largest absolute Gasteiger partial charge is 0.391 e. The number of aromatic nitrogens is 2. The van der Waals surface area contributed by atoms with Crippen LogP contribution >= 0.6 is 0 Å². The molecule has 4 rings (SSSR count). The highest BCUT2D eigenvalue weighted by atomic mass is 16.3.